The number of aromatic nitrogens is 1. The fourth-order valence-electron chi connectivity index (χ4n) is 2.30. The van der Waals surface area contributed by atoms with Crippen molar-refractivity contribution in [2.75, 3.05) is 0 Å². The van der Waals surface area contributed by atoms with Gasteiger partial charge in [-0.2, -0.15) is 0 Å². The maximum Gasteiger partial charge on any atom is 0.169 e. The Morgan fingerprint density at radius 3 is 1.85 bits per heavy atom. The predicted octanol–water partition coefficient (Wildman–Crippen LogP) is 4.77. The fourth-order valence-corrected chi connectivity index (χ4v) is 2.30. The lowest BCUT2D eigenvalue weighted by molar-refractivity contribution is -0.697. The van der Waals surface area contributed by atoms with Crippen LogP contribution in [0.1, 0.15) is 70.8 Å². The van der Waals surface area contributed by atoms with Gasteiger partial charge in [0.2, 0.25) is 0 Å². The fraction of sp³-hybridized carbons (Fsp3) is 0.667. The van der Waals surface area contributed by atoms with Gasteiger partial charge in [0.25, 0.3) is 0 Å². The summed E-state index contributed by atoms with van der Waals surface area (Å²) in [5.41, 5.74) is 1.43. The first-order valence-corrected chi connectivity index (χ1v) is 8.07. The maximum atomic E-state index is 6.25. The summed E-state index contributed by atoms with van der Waals surface area (Å²) in [5, 5.41) is 6.25. The van der Waals surface area contributed by atoms with E-state index in [9.17, 15) is 0 Å². The first kappa shape index (κ1) is 18.6. The van der Waals surface area contributed by atoms with Crippen molar-refractivity contribution in [1.82, 2.24) is 0 Å². The minimum Gasteiger partial charge on any atom is -0.512 e. The average Bonchev–Trinajstić information content (AvgIpc) is 2.52. The van der Waals surface area contributed by atoms with Gasteiger partial charge >= 0.3 is 0 Å². The van der Waals surface area contributed by atoms with Gasteiger partial charge in [-0.15, -0.1) is 0 Å². The molecule has 0 saturated carbocycles. The molecule has 0 atom stereocenters. The second-order valence-electron chi connectivity index (χ2n) is 5.27. The third kappa shape index (κ3) is 9.55. The first-order chi connectivity index (χ1) is 9.86. The van der Waals surface area contributed by atoms with E-state index in [1.165, 1.54) is 63.5 Å². The van der Waals surface area contributed by atoms with Crippen molar-refractivity contribution in [3.05, 3.63) is 36.7 Å². The molecule has 20 heavy (non-hydrogen) atoms. The zero-order valence-electron chi connectivity index (χ0n) is 13.3. The Hall–Kier alpha value is -1.36. The van der Waals surface area contributed by atoms with Crippen molar-refractivity contribution in [3.63, 3.8) is 0 Å². The molecule has 1 heterocycles. The molecule has 0 aliphatic heterocycles. The quantitative estimate of drug-likeness (QED) is 0.343. The van der Waals surface area contributed by atoms with Gasteiger partial charge in [0.05, 0.1) is 0 Å². The Labute approximate surface area is 125 Å². The summed E-state index contributed by atoms with van der Waals surface area (Å²) in [6.45, 7) is 10.4. The highest BCUT2D eigenvalue weighted by molar-refractivity contribution is 5.06. The molecule has 0 bridgehead atoms. The number of hydrogen-bond acceptors (Lipinski definition) is 1. The molecule has 0 aromatic carbocycles. The summed E-state index contributed by atoms with van der Waals surface area (Å²) in [4.78, 5) is 0. The van der Waals surface area contributed by atoms with Crippen LogP contribution >= 0.6 is 0 Å². The molecule has 0 fully saturated rings. The number of aryl methyl sites for hydroxylation is 2. The van der Waals surface area contributed by atoms with Gasteiger partial charge in [-0.25, -0.2) is 4.57 Å². The monoisotopic (exact) mass is 274 g/mol. The Morgan fingerprint density at radius 1 is 0.850 bits per heavy atom. The highest BCUT2D eigenvalue weighted by Crippen LogP contribution is 2.08. The molecule has 0 saturated heterocycles. The van der Waals surface area contributed by atoms with Gasteiger partial charge in [0, 0.05) is 18.6 Å². The highest BCUT2D eigenvalue weighted by Gasteiger charge is 1.99. The Kier molecular flexibility index (Phi) is 13.1. The molecule has 1 rings (SSSR count). The second kappa shape index (κ2) is 14.1. The molecule has 1 aromatic heterocycles. The molecule has 0 amide bonds. The van der Waals surface area contributed by atoms with Gasteiger partial charge in [0.1, 0.15) is 6.54 Å². The van der Waals surface area contributed by atoms with Gasteiger partial charge < -0.3 is 11.8 Å². The number of rotatable bonds is 10. The van der Waals surface area contributed by atoms with Crippen LogP contribution in [0.3, 0.4) is 0 Å². The number of nitrogens with zero attached hydrogens (tertiary/aromatic N) is 2. The standard InChI is InChI=1S/C17H30N.CN/c1-3-5-6-7-8-9-10-11-14-18-15-12-17(4-2)13-16-18;1-2/h12-13,15-16H,3-11,14H2,1-2H3;/q+1;-1. The summed E-state index contributed by atoms with van der Waals surface area (Å²) in [5.74, 6) is 0. The minimum atomic E-state index is 1.14. The zero-order valence-corrected chi connectivity index (χ0v) is 13.3. The lowest BCUT2D eigenvalue weighted by Gasteiger charge is -2.00. The van der Waals surface area contributed by atoms with Crippen LogP contribution in [0.5, 0.6) is 0 Å². The van der Waals surface area contributed by atoms with Crippen LogP contribution in [-0.4, -0.2) is 0 Å². The number of pyridine rings is 1. The number of hydrogen-bond donors (Lipinski definition) is 0. The van der Waals surface area contributed by atoms with Gasteiger partial charge in [0.15, 0.2) is 12.4 Å². The van der Waals surface area contributed by atoms with E-state index in [4.69, 9.17) is 11.8 Å². The lowest BCUT2D eigenvalue weighted by Crippen LogP contribution is -2.32. The van der Waals surface area contributed by atoms with E-state index in [0.29, 0.717) is 0 Å². The summed E-state index contributed by atoms with van der Waals surface area (Å²) >= 11 is 0. The molecule has 1 aromatic rings. The predicted molar refractivity (Wildman–Crippen MR) is 83.6 cm³/mol. The van der Waals surface area contributed by atoms with Crippen molar-refractivity contribution in [2.24, 2.45) is 0 Å². The molecule has 0 unspecified atom stereocenters. The molecule has 2 heteroatoms. The normalized spacial score (nSPS) is 9.80. The first-order valence-electron chi connectivity index (χ1n) is 8.07. The van der Waals surface area contributed by atoms with Crippen molar-refractivity contribution in [3.8, 4) is 0 Å². The molecule has 0 N–H and O–H groups in total. The van der Waals surface area contributed by atoms with E-state index in [1.807, 2.05) is 0 Å². The van der Waals surface area contributed by atoms with Crippen molar-refractivity contribution in [2.45, 2.75) is 78.2 Å². The summed E-state index contributed by atoms with van der Waals surface area (Å²) in [6.07, 6.45) is 16.8. The van der Waals surface area contributed by atoms with Crippen LogP contribution in [0.4, 0.5) is 0 Å². The Bertz CT molecular complexity index is 327. The lowest BCUT2D eigenvalue weighted by atomic mass is 10.1. The smallest absolute Gasteiger partial charge is 0.169 e. The molecule has 0 spiro atoms. The molecule has 0 aliphatic carbocycles. The van der Waals surface area contributed by atoms with E-state index in [-0.39, 0.29) is 0 Å². The van der Waals surface area contributed by atoms with Crippen molar-refractivity contribution < 1.29 is 4.57 Å². The van der Waals surface area contributed by atoms with E-state index in [2.05, 4.69) is 42.9 Å². The zero-order chi connectivity index (χ0) is 15.1. The number of unbranched alkanes of at least 4 members (excludes halogenated alkanes) is 7. The van der Waals surface area contributed by atoms with Crippen LogP contribution in [0.25, 0.3) is 0 Å². The van der Waals surface area contributed by atoms with E-state index < -0.39 is 0 Å². The van der Waals surface area contributed by atoms with Crippen LogP contribution < -0.4 is 4.57 Å². The maximum absolute atomic E-state index is 6.25. The third-order valence-corrected chi connectivity index (χ3v) is 3.64. The summed E-state index contributed by atoms with van der Waals surface area (Å²) < 4.78 is 2.32. The van der Waals surface area contributed by atoms with E-state index in [1.54, 1.807) is 0 Å². The van der Waals surface area contributed by atoms with Crippen LogP contribution in [-0.2, 0) is 13.0 Å². The van der Waals surface area contributed by atoms with E-state index >= 15 is 0 Å². The SMILES string of the molecule is CCCCCCCCCC[n+]1ccc(CC)cc1.[C-]#N. The molecular formula is C18H30N2. The topological polar surface area (TPSA) is 27.7 Å². The van der Waals surface area contributed by atoms with Crippen LogP contribution in [0.2, 0.25) is 0 Å². The Balaban J connectivity index is 0.00000172. The van der Waals surface area contributed by atoms with Gasteiger partial charge in [-0.1, -0.05) is 52.4 Å². The minimum absolute atomic E-state index is 1.14. The largest absolute Gasteiger partial charge is 0.512 e. The molecule has 112 valence electrons. The average molecular weight is 274 g/mol. The van der Waals surface area contributed by atoms with Gasteiger partial charge in [-0.05, 0) is 18.4 Å². The van der Waals surface area contributed by atoms with E-state index in [0.717, 1.165) is 6.42 Å². The van der Waals surface area contributed by atoms with Crippen molar-refractivity contribution in [1.29, 1.82) is 5.26 Å². The molecule has 0 radical (unpaired) electrons. The molecular weight excluding hydrogens is 244 g/mol. The molecule has 2 nitrogen and oxygen atoms in total. The summed E-state index contributed by atoms with van der Waals surface area (Å²) in [7, 11) is 0. The van der Waals surface area contributed by atoms with Crippen molar-refractivity contribution >= 4 is 0 Å². The van der Waals surface area contributed by atoms with Gasteiger partial charge in [-0.3, -0.25) is 0 Å². The molecule has 0 aliphatic rings. The van der Waals surface area contributed by atoms with Crippen LogP contribution in [0, 0.1) is 11.8 Å². The Morgan fingerprint density at radius 2 is 1.35 bits per heavy atom. The van der Waals surface area contributed by atoms with Crippen LogP contribution in [0.15, 0.2) is 24.5 Å². The summed E-state index contributed by atoms with van der Waals surface area (Å²) in [6, 6.07) is 4.48. The third-order valence-electron chi connectivity index (χ3n) is 3.64. The highest BCUT2D eigenvalue weighted by atomic mass is 14.9. The second-order valence-corrected chi connectivity index (χ2v) is 5.27.